The summed E-state index contributed by atoms with van der Waals surface area (Å²) in [6, 6.07) is 28.3. The van der Waals surface area contributed by atoms with Gasteiger partial charge in [0.15, 0.2) is 0 Å². The van der Waals surface area contributed by atoms with Crippen molar-refractivity contribution in [2.45, 2.75) is 0 Å². The summed E-state index contributed by atoms with van der Waals surface area (Å²) in [5.74, 6) is 0. The van der Waals surface area contributed by atoms with Gasteiger partial charge in [0, 0.05) is 27.6 Å². The first-order chi connectivity index (χ1) is 15.7. The summed E-state index contributed by atoms with van der Waals surface area (Å²) in [6.45, 7) is 0. The maximum absolute atomic E-state index is 10.0. The monoisotopic (exact) mass is 411 g/mol. The molecule has 3 aromatic heterocycles. The van der Waals surface area contributed by atoms with E-state index in [0.29, 0.717) is 11.3 Å². The first-order valence-electron chi connectivity index (χ1n) is 10.3. The zero-order valence-corrected chi connectivity index (χ0v) is 17.0. The molecule has 5 heterocycles. The van der Waals surface area contributed by atoms with Crippen molar-refractivity contribution in [3.8, 4) is 6.07 Å². The lowest BCUT2D eigenvalue weighted by molar-refractivity contribution is 1.27. The highest BCUT2D eigenvalue weighted by Gasteiger charge is 2.21. The standard InChI is InChI=1S/C27H17N5/c28-16-24-25-14-22-10-8-20(30-22)12-18-6-7-19(29-18)13-21-9-11-23(31-21)15-26(32-25)27(24)17-4-2-1-3-5-17/h1-15,29-30H. The molecule has 1 aromatic carbocycles. The molecule has 5 heteroatoms. The molecule has 0 unspecified atom stereocenters. The van der Waals surface area contributed by atoms with Crippen LogP contribution in [-0.2, 0) is 0 Å². The smallest absolute Gasteiger partial charge is 0.102 e. The molecule has 2 aliphatic rings. The van der Waals surface area contributed by atoms with Gasteiger partial charge in [-0.2, -0.15) is 5.26 Å². The summed E-state index contributed by atoms with van der Waals surface area (Å²) in [5.41, 5.74) is 9.19. The lowest BCUT2D eigenvalue weighted by Gasteiger charge is -2.03. The highest BCUT2D eigenvalue weighted by Crippen LogP contribution is 2.35. The summed E-state index contributed by atoms with van der Waals surface area (Å²) in [5, 5.41) is 10.0. The van der Waals surface area contributed by atoms with Crippen molar-refractivity contribution in [3.05, 3.63) is 107 Å². The number of hydrogen-bond donors (Lipinski definition) is 2. The van der Waals surface area contributed by atoms with E-state index in [1.54, 1.807) is 0 Å². The van der Waals surface area contributed by atoms with E-state index in [1.165, 1.54) is 0 Å². The predicted octanol–water partition coefficient (Wildman–Crippen LogP) is 5.97. The third kappa shape index (κ3) is 3.21. The SMILES string of the molecule is N#CC1=C(c2ccccc2)c2cc3nc(cc4ccc(cc5ccc(cc1n2)[nH]5)[nH]4)C=C3. The fourth-order valence-electron chi connectivity index (χ4n) is 4.08. The molecule has 0 saturated heterocycles. The molecule has 0 fully saturated rings. The summed E-state index contributed by atoms with van der Waals surface area (Å²) in [7, 11) is 0. The van der Waals surface area contributed by atoms with E-state index in [-0.39, 0.29) is 0 Å². The zero-order valence-electron chi connectivity index (χ0n) is 17.0. The Morgan fingerprint density at radius 3 is 1.94 bits per heavy atom. The van der Waals surface area contributed by atoms with Gasteiger partial charge in [-0.25, -0.2) is 9.97 Å². The maximum Gasteiger partial charge on any atom is 0.102 e. The van der Waals surface area contributed by atoms with Crippen LogP contribution in [0.3, 0.4) is 0 Å². The molecule has 0 radical (unpaired) electrons. The Bertz CT molecular complexity index is 1630. The van der Waals surface area contributed by atoms with E-state index >= 15 is 0 Å². The third-order valence-corrected chi connectivity index (χ3v) is 5.51. The van der Waals surface area contributed by atoms with E-state index in [9.17, 15) is 5.26 Å². The minimum atomic E-state index is 0.554. The molecule has 150 valence electrons. The van der Waals surface area contributed by atoms with Crippen molar-refractivity contribution in [2.24, 2.45) is 0 Å². The van der Waals surface area contributed by atoms with Crippen LogP contribution in [0.4, 0.5) is 0 Å². The first-order valence-corrected chi connectivity index (χ1v) is 10.3. The maximum atomic E-state index is 10.0. The van der Waals surface area contributed by atoms with E-state index in [0.717, 1.165) is 50.3 Å². The van der Waals surface area contributed by atoms with Crippen molar-refractivity contribution >= 4 is 45.4 Å². The van der Waals surface area contributed by atoms with Crippen LogP contribution in [0.2, 0.25) is 0 Å². The molecular weight excluding hydrogens is 394 g/mol. The molecule has 6 rings (SSSR count). The first kappa shape index (κ1) is 18.1. The summed E-state index contributed by atoms with van der Waals surface area (Å²) in [6.07, 6.45) is 3.95. The molecule has 0 amide bonds. The van der Waals surface area contributed by atoms with Crippen LogP contribution in [-0.4, -0.2) is 19.9 Å². The Hall–Kier alpha value is -4.69. The molecule has 2 aliphatic heterocycles. The topological polar surface area (TPSA) is 81.2 Å². The van der Waals surface area contributed by atoms with Gasteiger partial charge in [-0.05, 0) is 66.2 Å². The fourth-order valence-corrected chi connectivity index (χ4v) is 4.08. The minimum absolute atomic E-state index is 0.554. The van der Waals surface area contributed by atoms with Gasteiger partial charge in [0.05, 0.1) is 28.3 Å². The number of hydrogen-bond acceptors (Lipinski definition) is 3. The number of allylic oxidation sites excluding steroid dienone is 1. The Labute approximate surface area is 184 Å². The Balaban J connectivity index is 1.71. The van der Waals surface area contributed by atoms with Gasteiger partial charge >= 0.3 is 0 Å². The van der Waals surface area contributed by atoms with Crippen molar-refractivity contribution in [3.63, 3.8) is 0 Å². The number of rotatable bonds is 1. The molecule has 8 bridgehead atoms. The van der Waals surface area contributed by atoms with E-state index in [2.05, 4.69) is 16.0 Å². The summed E-state index contributed by atoms with van der Waals surface area (Å²) < 4.78 is 0. The van der Waals surface area contributed by atoms with Crippen LogP contribution in [0, 0.1) is 11.3 Å². The number of nitrogens with one attached hydrogen (secondary N) is 2. The lowest BCUT2D eigenvalue weighted by atomic mass is 9.98. The van der Waals surface area contributed by atoms with Crippen LogP contribution in [0.25, 0.3) is 45.4 Å². The number of fused-ring (bicyclic) bond motifs is 8. The summed E-state index contributed by atoms with van der Waals surface area (Å²) in [4.78, 5) is 16.4. The van der Waals surface area contributed by atoms with Gasteiger partial charge in [0.2, 0.25) is 0 Å². The van der Waals surface area contributed by atoms with Crippen molar-refractivity contribution in [1.29, 1.82) is 5.26 Å². The second kappa shape index (κ2) is 7.22. The van der Waals surface area contributed by atoms with E-state index in [4.69, 9.17) is 9.97 Å². The Morgan fingerprint density at radius 1 is 0.625 bits per heavy atom. The second-order valence-corrected chi connectivity index (χ2v) is 7.72. The van der Waals surface area contributed by atoms with Crippen molar-refractivity contribution < 1.29 is 0 Å². The van der Waals surface area contributed by atoms with Crippen LogP contribution < -0.4 is 0 Å². The fraction of sp³-hybridized carbons (Fsp3) is 0. The van der Waals surface area contributed by atoms with Crippen LogP contribution in [0.5, 0.6) is 0 Å². The van der Waals surface area contributed by atoms with Crippen LogP contribution in [0.1, 0.15) is 28.3 Å². The number of nitriles is 1. The van der Waals surface area contributed by atoms with Gasteiger partial charge in [-0.1, -0.05) is 30.3 Å². The minimum Gasteiger partial charge on any atom is -0.355 e. The quantitative estimate of drug-likeness (QED) is 0.357. The molecule has 0 atom stereocenters. The van der Waals surface area contributed by atoms with Crippen LogP contribution in [0.15, 0.2) is 78.9 Å². The average molecular weight is 411 g/mol. The number of H-pyrrole nitrogens is 2. The Morgan fingerprint density at radius 2 is 1.25 bits per heavy atom. The van der Waals surface area contributed by atoms with Gasteiger partial charge in [0.1, 0.15) is 6.07 Å². The molecule has 0 aliphatic carbocycles. The van der Waals surface area contributed by atoms with Gasteiger partial charge in [0.25, 0.3) is 0 Å². The molecule has 0 spiro atoms. The predicted molar refractivity (Wildman–Crippen MR) is 128 cm³/mol. The largest absolute Gasteiger partial charge is 0.355 e. The molecular formula is C27H17N5. The molecule has 5 nitrogen and oxygen atoms in total. The Kier molecular flexibility index (Phi) is 4.09. The highest BCUT2D eigenvalue weighted by molar-refractivity contribution is 6.05. The van der Waals surface area contributed by atoms with Crippen molar-refractivity contribution in [2.75, 3.05) is 0 Å². The van der Waals surface area contributed by atoms with Gasteiger partial charge in [-0.15, -0.1) is 0 Å². The highest BCUT2D eigenvalue weighted by atomic mass is 14.8. The molecule has 0 saturated carbocycles. The van der Waals surface area contributed by atoms with E-state index in [1.807, 2.05) is 91.0 Å². The molecule has 2 N–H and O–H groups in total. The normalized spacial score (nSPS) is 12.7. The van der Waals surface area contributed by atoms with Gasteiger partial charge < -0.3 is 9.97 Å². The zero-order chi connectivity index (χ0) is 21.5. The third-order valence-electron chi connectivity index (χ3n) is 5.51. The molecule has 4 aromatic rings. The number of aromatic nitrogens is 4. The van der Waals surface area contributed by atoms with Crippen LogP contribution >= 0.6 is 0 Å². The van der Waals surface area contributed by atoms with Crippen molar-refractivity contribution in [1.82, 2.24) is 19.9 Å². The number of benzene rings is 1. The molecule has 32 heavy (non-hydrogen) atoms. The van der Waals surface area contributed by atoms with E-state index < -0.39 is 0 Å². The summed E-state index contributed by atoms with van der Waals surface area (Å²) >= 11 is 0. The van der Waals surface area contributed by atoms with Gasteiger partial charge in [-0.3, -0.25) is 0 Å². The number of nitrogens with zero attached hydrogens (tertiary/aromatic N) is 3. The lowest BCUT2D eigenvalue weighted by Crippen LogP contribution is -1.87. The average Bonchev–Trinajstić information content (AvgIpc) is 3.58. The number of aromatic amines is 2. The second-order valence-electron chi connectivity index (χ2n) is 7.72.